The lowest BCUT2D eigenvalue weighted by molar-refractivity contribution is -0.151. The summed E-state index contributed by atoms with van der Waals surface area (Å²) in [6.45, 7) is 2.71. The maximum atomic E-state index is 13.9. The first-order chi connectivity index (χ1) is 22.1. The van der Waals surface area contributed by atoms with E-state index in [0.29, 0.717) is 13.2 Å². The first kappa shape index (κ1) is 30.8. The summed E-state index contributed by atoms with van der Waals surface area (Å²) < 4.78 is 37.1. The van der Waals surface area contributed by atoms with Crippen LogP contribution >= 0.6 is 0 Å². The molecule has 234 valence electrons. The van der Waals surface area contributed by atoms with Gasteiger partial charge in [0.25, 0.3) is 0 Å². The monoisotopic (exact) mass is 608 g/mol. The molecular formula is C39H41FO5. The quantitative estimate of drug-likeness (QED) is 0.160. The number of hydrogen-bond donors (Lipinski definition) is 0. The molecule has 0 spiro atoms. The fraction of sp³-hybridized carbons (Fsp3) is 0.359. The predicted octanol–water partition coefficient (Wildman–Crippen LogP) is 8.54. The summed E-state index contributed by atoms with van der Waals surface area (Å²) in [6, 6.07) is 32.2. The van der Waals surface area contributed by atoms with Crippen molar-refractivity contribution in [2.75, 3.05) is 13.2 Å². The van der Waals surface area contributed by atoms with Crippen LogP contribution in [0.15, 0.2) is 97.1 Å². The Bertz CT molecular complexity index is 1530. The summed E-state index contributed by atoms with van der Waals surface area (Å²) in [4.78, 5) is 11.6. The van der Waals surface area contributed by atoms with Gasteiger partial charge in [-0.15, -0.1) is 0 Å². The number of carbonyl (C=O) groups excluding carboxylic acids is 1. The number of fused-ring (bicyclic) bond motifs is 1. The van der Waals surface area contributed by atoms with E-state index in [1.807, 2.05) is 30.3 Å². The molecule has 0 radical (unpaired) electrons. The molecule has 45 heavy (non-hydrogen) atoms. The van der Waals surface area contributed by atoms with Crippen molar-refractivity contribution in [3.8, 4) is 11.5 Å². The highest BCUT2D eigenvalue weighted by atomic mass is 19.1. The Labute approximate surface area is 265 Å². The van der Waals surface area contributed by atoms with Crippen LogP contribution in [0.2, 0.25) is 0 Å². The number of aryl methyl sites for hydroxylation is 1. The molecule has 4 aromatic rings. The lowest BCUT2D eigenvalue weighted by Crippen LogP contribution is -2.30. The van der Waals surface area contributed by atoms with Gasteiger partial charge in [-0.25, -0.2) is 9.18 Å². The van der Waals surface area contributed by atoms with Gasteiger partial charge in [0, 0.05) is 5.92 Å². The Morgan fingerprint density at radius 1 is 0.778 bits per heavy atom. The van der Waals surface area contributed by atoms with E-state index in [9.17, 15) is 9.18 Å². The van der Waals surface area contributed by atoms with Gasteiger partial charge in [-0.05, 0) is 116 Å². The van der Waals surface area contributed by atoms with Crippen LogP contribution in [0.4, 0.5) is 4.39 Å². The Hall–Kier alpha value is -4.16. The number of esters is 1. The van der Waals surface area contributed by atoms with Gasteiger partial charge in [0.15, 0.2) is 0 Å². The Morgan fingerprint density at radius 2 is 1.47 bits per heavy atom. The summed E-state index contributed by atoms with van der Waals surface area (Å²) in [5.41, 5.74) is 6.09. The van der Waals surface area contributed by atoms with Crippen LogP contribution in [0.25, 0.3) is 0 Å². The normalized spacial score (nSPS) is 21.0. The van der Waals surface area contributed by atoms with Gasteiger partial charge in [-0.3, -0.25) is 0 Å². The second kappa shape index (κ2) is 14.7. The smallest absolute Gasteiger partial charge is 0.332 e. The van der Waals surface area contributed by atoms with Crippen molar-refractivity contribution in [1.82, 2.24) is 0 Å². The summed E-state index contributed by atoms with van der Waals surface area (Å²) in [6.07, 6.45) is 5.56. The van der Waals surface area contributed by atoms with Gasteiger partial charge in [-0.1, -0.05) is 60.7 Å². The molecule has 1 saturated carbocycles. The molecule has 0 bridgehead atoms. The molecule has 4 aromatic carbocycles. The van der Waals surface area contributed by atoms with Crippen molar-refractivity contribution in [3.63, 3.8) is 0 Å². The molecular weight excluding hydrogens is 567 g/mol. The molecule has 2 aliphatic carbocycles. The Kier molecular flexibility index (Phi) is 10.1. The summed E-state index contributed by atoms with van der Waals surface area (Å²) in [7, 11) is 0. The average molecular weight is 609 g/mol. The fourth-order valence-corrected chi connectivity index (χ4v) is 6.76. The average Bonchev–Trinajstić information content (AvgIpc) is 3.08. The molecule has 0 saturated heterocycles. The van der Waals surface area contributed by atoms with E-state index < -0.39 is 0 Å². The standard InChI is InChI=1S/C39H41FO5/c1-2-42-38(41)26-44-32-17-19-34(20-18-32)45-33-15-10-29(11-16-33)39-36(28-8-13-31(40)14-9-28)22-12-30-24-35(21-23-37(30)39)43-25-27-6-4-3-5-7-27/h3-11,13-16,21,23-24,32,34,36,39H,2,12,17-20,22,25-26H2,1H3. The SMILES string of the molecule is CCOC(=O)COC1CCC(Oc2ccc(C3c4ccc(OCc5ccccc5)cc4CCC3c3ccc(F)cc3)cc2)CC1. The van der Waals surface area contributed by atoms with Crippen LogP contribution in [0.1, 0.15) is 78.7 Å². The van der Waals surface area contributed by atoms with Gasteiger partial charge < -0.3 is 18.9 Å². The van der Waals surface area contributed by atoms with Crippen LogP contribution < -0.4 is 9.47 Å². The van der Waals surface area contributed by atoms with E-state index in [4.69, 9.17) is 18.9 Å². The molecule has 6 heteroatoms. The highest BCUT2D eigenvalue weighted by Gasteiger charge is 2.32. The lowest BCUT2D eigenvalue weighted by atomic mass is 9.69. The van der Waals surface area contributed by atoms with Gasteiger partial charge >= 0.3 is 5.97 Å². The second-order valence-electron chi connectivity index (χ2n) is 12.0. The van der Waals surface area contributed by atoms with E-state index >= 15 is 0 Å². The molecule has 2 aliphatic rings. The van der Waals surface area contributed by atoms with Crippen molar-refractivity contribution in [3.05, 3.63) is 131 Å². The first-order valence-electron chi connectivity index (χ1n) is 16.1. The molecule has 5 nitrogen and oxygen atoms in total. The van der Waals surface area contributed by atoms with E-state index in [1.165, 1.54) is 16.7 Å². The number of rotatable bonds is 11. The van der Waals surface area contributed by atoms with Crippen molar-refractivity contribution in [2.45, 2.75) is 76.1 Å². The van der Waals surface area contributed by atoms with E-state index in [1.54, 1.807) is 19.1 Å². The largest absolute Gasteiger partial charge is 0.490 e. The van der Waals surface area contributed by atoms with Gasteiger partial charge in [0.05, 0.1) is 18.8 Å². The lowest BCUT2D eigenvalue weighted by Gasteiger charge is -2.35. The van der Waals surface area contributed by atoms with Gasteiger partial charge in [-0.2, -0.15) is 0 Å². The number of hydrogen-bond acceptors (Lipinski definition) is 5. The summed E-state index contributed by atoms with van der Waals surface area (Å²) in [5.74, 6) is 1.56. The molecule has 1 fully saturated rings. The zero-order chi connectivity index (χ0) is 31.0. The van der Waals surface area contributed by atoms with E-state index in [0.717, 1.165) is 61.2 Å². The predicted molar refractivity (Wildman–Crippen MR) is 172 cm³/mol. The zero-order valence-corrected chi connectivity index (χ0v) is 25.8. The molecule has 0 heterocycles. The zero-order valence-electron chi connectivity index (χ0n) is 25.8. The van der Waals surface area contributed by atoms with Crippen molar-refractivity contribution < 1.29 is 28.1 Å². The number of carbonyl (C=O) groups is 1. The molecule has 6 rings (SSSR count). The number of ether oxygens (including phenoxy) is 4. The minimum absolute atomic E-state index is 0.0106. The van der Waals surface area contributed by atoms with E-state index in [-0.39, 0.29) is 42.4 Å². The molecule has 0 aliphatic heterocycles. The van der Waals surface area contributed by atoms with Crippen molar-refractivity contribution >= 4 is 5.97 Å². The van der Waals surface area contributed by atoms with Crippen molar-refractivity contribution in [2.24, 2.45) is 0 Å². The topological polar surface area (TPSA) is 54.0 Å². The van der Waals surface area contributed by atoms with E-state index in [2.05, 4.69) is 54.6 Å². The molecule has 0 amide bonds. The first-order valence-corrected chi connectivity index (χ1v) is 16.1. The van der Waals surface area contributed by atoms with Crippen molar-refractivity contribution in [1.29, 1.82) is 0 Å². The second-order valence-corrected chi connectivity index (χ2v) is 12.0. The molecule has 0 aromatic heterocycles. The molecule has 2 unspecified atom stereocenters. The highest BCUT2D eigenvalue weighted by Crippen LogP contribution is 2.47. The third kappa shape index (κ3) is 7.93. The fourth-order valence-electron chi connectivity index (χ4n) is 6.76. The summed E-state index contributed by atoms with van der Waals surface area (Å²) >= 11 is 0. The maximum absolute atomic E-state index is 13.9. The van der Waals surface area contributed by atoms with Crippen LogP contribution in [0.5, 0.6) is 11.5 Å². The van der Waals surface area contributed by atoms with Gasteiger partial charge in [0.1, 0.15) is 30.5 Å². The van der Waals surface area contributed by atoms with Gasteiger partial charge in [0.2, 0.25) is 0 Å². The van der Waals surface area contributed by atoms with Crippen LogP contribution in [0, 0.1) is 5.82 Å². The highest BCUT2D eigenvalue weighted by molar-refractivity contribution is 5.70. The minimum Gasteiger partial charge on any atom is -0.490 e. The number of benzene rings is 4. The maximum Gasteiger partial charge on any atom is 0.332 e. The van der Waals surface area contributed by atoms with Crippen LogP contribution in [0.3, 0.4) is 0 Å². The Balaban J connectivity index is 1.15. The Morgan fingerprint density at radius 3 is 2.20 bits per heavy atom. The molecule has 2 atom stereocenters. The van der Waals surface area contributed by atoms with Crippen LogP contribution in [-0.2, 0) is 27.3 Å². The number of halogens is 1. The molecule has 0 N–H and O–H groups in total. The third-order valence-corrected chi connectivity index (χ3v) is 9.03. The van der Waals surface area contributed by atoms with Crippen LogP contribution in [-0.4, -0.2) is 31.4 Å². The minimum atomic E-state index is -0.310. The summed E-state index contributed by atoms with van der Waals surface area (Å²) in [5, 5.41) is 0. The third-order valence-electron chi connectivity index (χ3n) is 9.03.